The molecule has 0 bridgehead atoms. The summed E-state index contributed by atoms with van der Waals surface area (Å²) in [5, 5.41) is 0. The van der Waals surface area contributed by atoms with Crippen molar-refractivity contribution in [1.29, 1.82) is 0 Å². The van der Waals surface area contributed by atoms with Crippen molar-refractivity contribution >= 4 is 18.2 Å². The number of piperidine rings is 1. The van der Waals surface area contributed by atoms with Gasteiger partial charge in [-0.3, -0.25) is 4.79 Å². The van der Waals surface area contributed by atoms with Crippen LogP contribution in [0.3, 0.4) is 0 Å². The zero-order chi connectivity index (χ0) is 18.0. The molecule has 136 valence electrons. The van der Waals surface area contributed by atoms with Crippen molar-refractivity contribution < 1.29 is 33.3 Å². The molecule has 0 aliphatic carbocycles. The number of carbonyl (C=O) groups is 3. The summed E-state index contributed by atoms with van der Waals surface area (Å²) in [7, 11) is 0. The minimum absolute atomic E-state index is 0.0541. The Bertz CT molecular complexity index is 493. The highest BCUT2D eigenvalue weighted by atomic mass is 16.7. The Morgan fingerprint density at radius 3 is 2.21 bits per heavy atom. The van der Waals surface area contributed by atoms with E-state index in [-0.39, 0.29) is 25.4 Å². The Morgan fingerprint density at radius 2 is 1.71 bits per heavy atom. The van der Waals surface area contributed by atoms with E-state index in [0.29, 0.717) is 25.9 Å². The molecule has 0 radical (unpaired) electrons. The molecule has 2 saturated heterocycles. The fourth-order valence-corrected chi connectivity index (χ4v) is 2.41. The summed E-state index contributed by atoms with van der Waals surface area (Å²) in [6.45, 7) is 7.92. The quantitative estimate of drug-likeness (QED) is 0.560. The minimum atomic E-state index is -0.990. The summed E-state index contributed by atoms with van der Waals surface area (Å²) in [5.41, 5.74) is -1.52. The number of nitrogens with zero attached hydrogens (tertiary/aromatic N) is 1. The molecule has 0 aromatic rings. The van der Waals surface area contributed by atoms with E-state index < -0.39 is 23.1 Å². The summed E-state index contributed by atoms with van der Waals surface area (Å²) in [6, 6.07) is 0. The van der Waals surface area contributed by atoms with Gasteiger partial charge in [0.25, 0.3) is 0 Å². The second kappa shape index (κ2) is 6.86. The smallest absolute Gasteiger partial charge is 0.462 e. The average molecular weight is 343 g/mol. The van der Waals surface area contributed by atoms with Crippen LogP contribution in [0.15, 0.2) is 0 Å². The minimum Gasteiger partial charge on any atom is -0.462 e. The maximum Gasteiger partial charge on any atom is 0.508 e. The van der Waals surface area contributed by atoms with Crippen molar-refractivity contribution in [1.82, 2.24) is 4.90 Å². The maximum absolute atomic E-state index is 12.3. The molecule has 8 nitrogen and oxygen atoms in total. The monoisotopic (exact) mass is 343 g/mol. The van der Waals surface area contributed by atoms with Crippen molar-refractivity contribution in [2.24, 2.45) is 5.41 Å². The van der Waals surface area contributed by atoms with E-state index in [9.17, 15) is 14.4 Å². The van der Waals surface area contributed by atoms with Crippen LogP contribution in [0.4, 0.5) is 9.59 Å². The van der Waals surface area contributed by atoms with Crippen LogP contribution in [-0.4, -0.2) is 61.1 Å². The number of amides is 1. The standard InChI is InChI=1S/C16H25NO7/c1-15(2,3)24-13(19)17-7-5-11(6-8-17)23-12(18)16(4)9-21-14(20)22-10-16/h11H,5-10H2,1-4H3. The fraction of sp³-hybridized carbons (Fsp3) is 0.812. The van der Waals surface area contributed by atoms with Gasteiger partial charge in [-0.05, 0) is 27.7 Å². The highest BCUT2D eigenvalue weighted by molar-refractivity contribution is 5.78. The van der Waals surface area contributed by atoms with E-state index in [1.165, 1.54) is 0 Å². The maximum atomic E-state index is 12.3. The molecule has 2 fully saturated rings. The number of hydrogen-bond donors (Lipinski definition) is 0. The Labute approximate surface area is 141 Å². The van der Waals surface area contributed by atoms with Gasteiger partial charge in [0.15, 0.2) is 0 Å². The van der Waals surface area contributed by atoms with Gasteiger partial charge in [-0.25, -0.2) is 9.59 Å². The predicted molar refractivity (Wildman–Crippen MR) is 82.3 cm³/mol. The van der Waals surface area contributed by atoms with Crippen molar-refractivity contribution in [3.63, 3.8) is 0 Å². The molecule has 0 spiro atoms. The number of ether oxygens (including phenoxy) is 4. The van der Waals surface area contributed by atoms with Crippen LogP contribution < -0.4 is 0 Å². The molecule has 0 aromatic carbocycles. The summed E-state index contributed by atoms with van der Waals surface area (Å²) in [5.74, 6) is -0.453. The molecule has 2 aliphatic rings. The molecular weight excluding hydrogens is 318 g/mol. The van der Waals surface area contributed by atoms with Crippen molar-refractivity contribution in [3.05, 3.63) is 0 Å². The first-order valence-corrected chi connectivity index (χ1v) is 8.08. The summed E-state index contributed by atoms with van der Waals surface area (Å²) >= 11 is 0. The Morgan fingerprint density at radius 1 is 1.17 bits per heavy atom. The molecule has 24 heavy (non-hydrogen) atoms. The third-order valence-electron chi connectivity index (χ3n) is 3.88. The van der Waals surface area contributed by atoms with Gasteiger partial charge in [0.2, 0.25) is 0 Å². The van der Waals surface area contributed by atoms with Crippen LogP contribution in [-0.2, 0) is 23.7 Å². The van der Waals surface area contributed by atoms with Crippen molar-refractivity contribution in [2.75, 3.05) is 26.3 Å². The topological polar surface area (TPSA) is 91.4 Å². The third-order valence-corrected chi connectivity index (χ3v) is 3.88. The second-order valence-corrected chi connectivity index (χ2v) is 7.46. The lowest BCUT2D eigenvalue weighted by Crippen LogP contribution is -2.47. The fourth-order valence-electron chi connectivity index (χ4n) is 2.41. The first kappa shape index (κ1) is 18.4. The molecule has 2 aliphatic heterocycles. The zero-order valence-corrected chi connectivity index (χ0v) is 14.6. The lowest BCUT2D eigenvalue weighted by atomic mass is 9.92. The molecule has 0 atom stereocenters. The molecule has 2 heterocycles. The van der Waals surface area contributed by atoms with Gasteiger partial charge in [-0.15, -0.1) is 0 Å². The molecule has 0 aromatic heterocycles. The highest BCUT2D eigenvalue weighted by Crippen LogP contribution is 2.26. The molecule has 2 rings (SSSR count). The van der Waals surface area contributed by atoms with Crippen LogP contribution in [0.5, 0.6) is 0 Å². The first-order chi connectivity index (χ1) is 11.1. The zero-order valence-electron chi connectivity index (χ0n) is 14.6. The van der Waals surface area contributed by atoms with Gasteiger partial charge in [0.1, 0.15) is 30.3 Å². The predicted octanol–water partition coefficient (Wildman–Crippen LogP) is 2.10. The molecule has 0 N–H and O–H groups in total. The van der Waals surface area contributed by atoms with Gasteiger partial charge in [0.05, 0.1) is 0 Å². The molecule has 0 saturated carbocycles. The Kier molecular flexibility index (Phi) is 5.25. The lowest BCUT2D eigenvalue weighted by molar-refractivity contribution is -0.173. The Balaban J connectivity index is 1.79. The van der Waals surface area contributed by atoms with Crippen LogP contribution in [0.1, 0.15) is 40.5 Å². The number of cyclic esters (lactones) is 2. The van der Waals surface area contributed by atoms with E-state index in [4.69, 9.17) is 18.9 Å². The third kappa shape index (κ3) is 4.75. The van der Waals surface area contributed by atoms with E-state index in [1.807, 2.05) is 20.8 Å². The van der Waals surface area contributed by atoms with E-state index >= 15 is 0 Å². The van der Waals surface area contributed by atoms with Gasteiger partial charge >= 0.3 is 18.2 Å². The Hall–Kier alpha value is -1.99. The van der Waals surface area contributed by atoms with E-state index in [1.54, 1.807) is 11.8 Å². The summed E-state index contributed by atoms with van der Waals surface area (Å²) in [6.07, 6.45) is -0.313. The average Bonchev–Trinajstić information content (AvgIpc) is 2.49. The number of hydrogen-bond acceptors (Lipinski definition) is 7. The van der Waals surface area contributed by atoms with Gasteiger partial charge in [-0.2, -0.15) is 0 Å². The first-order valence-electron chi connectivity index (χ1n) is 8.08. The highest BCUT2D eigenvalue weighted by Gasteiger charge is 2.43. The van der Waals surface area contributed by atoms with Gasteiger partial charge in [0, 0.05) is 25.9 Å². The van der Waals surface area contributed by atoms with Crippen molar-refractivity contribution in [2.45, 2.75) is 52.2 Å². The van der Waals surface area contributed by atoms with E-state index in [2.05, 4.69) is 0 Å². The molecule has 0 unspecified atom stereocenters. The lowest BCUT2D eigenvalue weighted by Gasteiger charge is -2.35. The summed E-state index contributed by atoms with van der Waals surface area (Å²) < 4.78 is 20.4. The van der Waals surface area contributed by atoms with Crippen LogP contribution in [0, 0.1) is 5.41 Å². The molecule has 8 heteroatoms. The molecular formula is C16H25NO7. The van der Waals surface area contributed by atoms with Crippen LogP contribution >= 0.6 is 0 Å². The molecule has 1 amide bonds. The van der Waals surface area contributed by atoms with Gasteiger partial charge < -0.3 is 23.8 Å². The second-order valence-electron chi connectivity index (χ2n) is 7.46. The normalized spacial score (nSPS) is 21.5. The van der Waals surface area contributed by atoms with Crippen molar-refractivity contribution in [3.8, 4) is 0 Å². The SMILES string of the molecule is CC(C)(C)OC(=O)N1CCC(OC(=O)C2(C)COC(=O)OC2)CC1. The van der Waals surface area contributed by atoms with Gasteiger partial charge in [-0.1, -0.05) is 0 Å². The largest absolute Gasteiger partial charge is 0.508 e. The number of carbonyl (C=O) groups excluding carboxylic acids is 3. The van der Waals surface area contributed by atoms with Crippen LogP contribution in [0.25, 0.3) is 0 Å². The summed E-state index contributed by atoms with van der Waals surface area (Å²) in [4.78, 5) is 36.8. The number of esters is 1. The van der Waals surface area contributed by atoms with E-state index in [0.717, 1.165) is 0 Å². The number of likely N-dealkylation sites (tertiary alicyclic amines) is 1. The number of rotatable bonds is 2. The van der Waals surface area contributed by atoms with Crippen LogP contribution in [0.2, 0.25) is 0 Å².